The molecule has 0 radical (unpaired) electrons. The molecule has 0 unspecified atom stereocenters. The van der Waals surface area contributed by atoms with Gasteiger partial charge >= 0.3 is 6.98 Å². The Kier molecular flexibility index (Phi) is 2.51. The Hall–Kier alpha value is -3.53. The summed E-state index contributed by atoms with van der Waals surface area (Å²) < 4.78 is 2.52. The molecular weight excluding hydrogens is 341 g/mol. The van der Waals surface area contributed by atoms with E-state index < -0.39 is 0 Å². The first-order valence-electron chi connectivity index (χ1n) is 9.70. The predicted octanol–water partition coefficient (Wildman–Crippen LogP) is 4.87. The fourth-order valence-electron chi connectivity index (χ4n) is 5.15. The maximum Gasteiger partial charge on any atom is 0.421 e. The van der Waals surface area contributed by atoms with Gasteiger partial charge in [0.2, 0.25) is 0 Å². The first-order chi connectivity index (χ1) is 13.8. The summed E-state index contributed by atoms with van der Waals surface area (Å²) in [6.07, 6.45) is 1.97. The minimum atomic E-state index is 0.118. The van der Waals surface area contributed by atoms with Crippen LogP contribution < -0.4 is 10.3 Å². The third kappa shape index (κ3) is 1.56. The van der Waals surface area contributed by atoms with Crippen LogP contribution in [0, 0.1) is 6.92 Å². The van der Waals surface area contributed by atoms with Crippen molar-refractivity contribution in [2.24, 2.45) is 0 Å². The lowest BCUT2D eigenvalue weighted by Crippen LogP contribution is -2.51. The summed E-state index contributed by atoms with van der Waals surface area (Å²) in [6.45, 7) is 2.24. The normalized spacial score (nSPS) is 13.8. The van der Waals surface area contributed by atoms with Crippen molar-refractivity contribution < 1.29 is 0 Å². The summed E-state index contributed by atoms with van der Waals surface area (Å²) in [6, 6.07) is 26.4. The number of anilines is 2. The average Bonchev–Trinajstić information content (AvgIpc) is 3.26. The van der Waals surface area contributed by atoms with E-state index in [9.17, 15) is 0 Å². The number of hydrogen-bond acceptors (Lipinski definition) is 2. The van der Waals surface area contributed by atoms with E-state index in [-0.39, 0.29) is 6.98 Å². The van der Waals surface area contributed by atoms with Gasteiger partial charge in [0.05, 0.1) is 22.6 Å². The second-order valence-corrected chi connectivity index (χ2v) is 7.77. The van der Waals surface area contributed by atoms with E-state index in [2.05, 4.69) is 89.0 Å². The molecule has 7 rings (SSSR count). The Morgan fingerprint density at radius 3 is 2.61 bits per heavy atom. The maximum atomic E-state index is 4.84. The van der Waals surface area contributed by atoms with E-state index in [1.165, 1.54) is 49.8 Å². The minimum Gasteiger partial charge on any atom is -0.359 e. The van der Waals surface area contributed by atoms with Gasteiger partial charge < -0.3 is 9.29 Å². The van der Waals surface area contributed by atoms with Crippen molar-refractivity contribution in [3.8, 4) is 11.3 Å². The molecule has 0 aliphatic carbocycles. The predicted molar refractivity (Wildman–Crippen MR) is 117 cm³/mol. The highest BCUT2D eigenvalue weighted by Crippen LogP contribution is 2.48. The smallest absolute Gasteiger partial charge is 0.359 e. The van der Waals surface area contributed by atoms with E-state index in [0.717, 1.165) is 5.69 Å². The van der Waals surface area contributed by atoms with Crippen LogP contribution in [-0.4, -0.2) is 16.4 Å². The number of nitrogens with zero attached hydrogens (tertiary/aromatic N) is 3. The largest absolute Gasteiger partial charge is 0.421 e. The second-order valence-electron chi connectivity index (χ2n) is 7.77. The molecule has 0 bridgehead atoms. The first-order valence-corrected chi connectivity index (χ1v) is 9.70. The second kappa shape index (κ2) is 4.84. The summed E-state index contributed by atoms with van der Waals surface area (Å²) in [5.41, 5.74) is 9.87. The van der Waals surface area contributed by atoms with Crippen molar-refractivity contribution in [2.45, 2.75) is 6.92 Å². The molecule has 0 saturated carbocycles. The zero-order chi connectivity index (χ0) is 18.4. The van der Waals surface area contributed by atoms with Crippen LogP contribution in [0.5, 0.6) is 0 Å². The van der Waals surface area contributed by atoms with Gasteiger partial charge in [-0.25, -0.2) is 0 Å². The Morgan fingerprint density at radius 2 is 1.64 bits per heavy atom. The molecule has 3 nitrogen and oxygen atoms in total. The van der Waals surface area contributed by atoms with Gasteiger partial charge in [-0.1, -0.05) is 54.6 Å². The van der Waals surface area contributed by atoms with Crippen LogP contribution in [0.4, 0.5) is 11.4 Å². The molecule has 0 fully saturated rings. The number of aryl methyl sites for hydroxylation is 1. The van der Waals surface area contributed by atoms with Gasteiger partial charge in [-0.15, -0.1) is 0 Å². The number of fused-ring (bicyclic) bond motifs is 11. The van der Waals surface area contributed by atoms with Gasteiger partial charge in [0.15, 0.2) is 0 Å². The Morgan fingerprint density at radius 1 is 0.821 bits per heavy atom. The number of pyridine rings is 1. The van der Waals surface area contributed by atoms with Crippen LogP contribution in [-0.2, 0) is 0 Å². The molecule has 4 heteroatoms. The van der Waals surface area contributed by atoms with Crippen LogP contribution in [0.1, 0.15) is 5.56 Å². The fraction of sp³-hybridized carbons (Fsp3) is 0.0417. The molecule has 130 valence electrons. The van der Waals surface area contributed by atoms with Gasteiger partial charge in [-0.05, 0) is 36.1 Å². The SMILES string of the molecule is Cc1cnc2c(c1)N1B(c3ccccc3-2)n2c3ccccc3c3cccc1c32. The molecule has 28 heavy (non-hydrogen) atoms. The maximum absolute atomic E-state index is 4.84. The first kappa shape index (κ1) is 14.5. The fourth-order valence-corrected chi connectivity index (χ4v) is 5.15. The summed E-state index contributed by atoms with van der Waals surface area (Å²) in [5.74, 6) is 0. The number of para-hydroxylation sites is 2. The molecule has 0 amide bonds. The van der Waals surface area contributed by atoms with Gasteiger partial charge in [0.1, 0.15) is 0 Å². The van der Waals surface area contributed by atoms with Crippen LogP contribution in [0.2, 0.25) is 0 Å². The van der Waals surface area contributed by atoms with Crippen LogP contribution in [0.25, 0.3) is 33.1 Å². The third-order valence-electron chi connectivity index (χ3n) is 6.22. The lowest BCUT2D eigenvalue weighted by atomic mass is 9.61. The van der Waals surface area contributed by atoms with Crippen molar-refractivity contribution in [2.75, 3.05) is 4.81 Å². The van der Waals surface area contributed by atoms with Crippen molar-refractivity contribution in [3.63, 3.8) is 0 Å². The quantitative estimate of drug-likeness (QED) is 0.369. The lowest BCUT2D eigenvalue weighted by Gasteiger charge is -2.34. The molecule has 3 aromatic carbocycles. The lowest BCUT2D eigenvalue weighted by molar-refractivity contribution is 1.22. The van der Waals surface area contributed by atoms with Crippen LogP contribution >= 0.6 is 0 Å². The summed E-state index contributed by atoms with van der Waals surface area (Å²) in [5, 5.41) is 2.65. The van der Waals surface area contributed by atoms with Crippen molar-refractivity contribution >= 4 is 45.6 Å². The van der Waals surface area contributed by atoms with E-state index in [0.29, 0.717) is 0 Å². The zero-order valence-electron chi connectivity index (χ0n) is 15.4. The molecule has 4 heterocycles. The third-order valence-corrected chi connectivity index (χ3v) is 6.22. The minimum absolute atomic E-state index is 0.118. The molecule has 0 spiro atoms. The van der Waals surface area contributed by atoms with E-state index >= 15 is 0 Å². The Labute approximate surface area is 163 Å². The highest BCUT2D eigenvalue weighted by molar-refractivity contribution is 6.82. The summed E-state index contributed by atoms with van der Waals surface area (Å²) >= 11 is 0. The molecule has 0 atom stereocenters. The molecule has 2 aromatic heterocycles. The molecule has 0 N–H and O–H groups in total. The number of hydrogen-bond donors (Lipinski definition) is 0. The molecule has 0 saturated heterocycles. The zero-order valence-corrected chi connectivity index (χ0v) is 15.4. The van der Waals surface area contributed by atoms with Crippen LogP contribution in [0.15, 0.2) is 79.0 Å². The van der Waals surface area contributed by atoms with Gasteiger partial charge in [0.25, 0.3) is 0 Å². The molecular formula is C24H16BN3. The van der Waals surface area contributed by atoms with Gasteiger partial charge in [-0.3, -0.25) is 4.98 Å². The van der Waals surface area contributed by atoms with Gasteiger partial charge in [-0.2, -0.15) is 0 Å². The van der Waals surface area contributed by atoms with Crippen molar-refractivity contribution in [1.29, 1.82) is 0 Å². The van der Waals surface area contributed by atoms with E-state index in [1.54, 1.807) is 0 Å². The van der Waals surface area contributed by atoms with Gasteiger partial charge in [0, 0.05) is 28.0 Å². The van der Waals surface area contributed by atoms with E-state index in [1.807, 2.05) is 6.20 Å². The molecule has 2 aliphatic heterocycles. The van der Waals surface area contributed by atoms with Crippen molar-refractivity contribution in [1.82, 2.24) is 9.46 Å². The van der Waals surface area contributed by atoms with Crippen molar-refractivity contribution in [3.05, 3.63) is 84.6 Å². The van der Waals surface area contributed by atoms with E-state index in [4.69, 9.17) is 4.98 Å². The Balaban J connectivity index is 1.70. The summed E-state index contributed by atoms with van der Waals surface area (Å²) in [7, 11) is 0. The molecule has 2 aliphatic rings. The van der Waals surface area contributed by atoms with Crippen LogP contribution in [0.3, 0.4) is 0 Å². The number of benzene rings is 3. The monoisotopic (exact) mass is 357 g/mol. The number of aromatic nitrogens is 2. The standard InChI is InChI=1S/C24H16BN3/c1-15-13-22-23(26-14-15)18-8-2-4-10-19(18)25-27(22)21-12-6-9-17-16-7-3-5-11-20(16)28(25)24(17)21/h2-14H,1H3. The highest BCUT2D eigenvalue weighted by atomic mass is 15.2. The average molecular weight is 357 g/mol. The highest BCUT2D eigenvalue weighted by Gasteiger charge is 2.45. The summed E-state index contributed by atoms with van der Waals surface area (Å²) in [4.78, 5) is 7.32. The number of rotatable bonds is 0. The topological polar surface area (TPSA) is 21.1 Å². The molecule has 5 aromatic rings. The Bertz CT molecular complexity index is 1450.